The lowest BCUT2D eigenvalue weighted by Crippen LogP contribution is -2.20. The predicted octanol–water partition coefficient (Wildman–Crippen LogP) is 3.44. The van der Waals surface area contributed by atoms with E-state index in [4.69, 9.17) is 0 Å². The highest BCUT2D eigenvalue weighted by molar-refractivity contribution is 5.06. The van der Waals surface area contributed by atoms with Crippen LogP contribution in [0.25, 0.3) is 0 Å². The van der Waals surface area contributed by atoms with Gasteiger partial charge in [0.05, 0.1) is 0 Å². The van der Waals surface area contributed by atoms with Crippen LogP contribution in [-0.2, 0) is 0 Å². The molecule has 0 spiro atoms. The summed E-state index contributed by atoms with van der Waals surface area (Å²) < 4.78 is 0. The summed E-state index contributed by atoms with van der Waals surface area (Å²) in [5.74, 6) is 0. The van der Waals surface area contributed by atoms with Crippen molar-refractivity contribution in [3.05, 3.63) is 24.4 Å². The summed E-state index contributed by atoms with van der Waals surface area (Å²) in [6.07, 6.45) is 3.86. The maximum Gasteiger partial charge on any atom is 0.0146 e. The first kappa shape index (κ1) is 13.8. The molecule has 0 radical (unpaired) electrons. The molecule has 0 N–H and O–H groups in total. The van der Waals surface area contributed by atoms with Crippen LogP contribution in [0.4, 0.5) is 0 Å². The number of hydrogen-bond acceptors (Lipinski definition) is 1. The summed E-state index contributed by atoms with van der Waals surface area (Å²) in [5, 5.41) is 0. The second kappa shape index (κ2) is 10.3. The smallest absolute Gasteiger partial charge is 0.0146 e. The second-order valence-electron chi connectivity index (χ2n) is 2.22. The molecule has 0 aliphatic rings. The first-order valence-electron chi connectivity index (χ1n) is 4.80. The molecule has 1 heteroatoms. The van der Waals surface area contributed by atoms with E-state index < -0.39 is 0 Å². The molecule has 0 heterocycles. The molecule has 0 atom stereocenters. The molecule has 0 saturated carbocycles. The minimum Gasteiger partial charge on any atom is -0.376 e. The van der Waals surface area contributed by atoms with Gasteiger partial charge in [0.2, 0.25) is 0 Å². The van der Waals surface area contributed by atoms with E-state index in [9.17, 15) is 0 Å². The largest absolute Gasteiger partial charge is 0.376 e. The Bertz CT molecular complexity index is 121. The van der Waals surface area contributed by atoms with Gasteiger partial charge in [-0.05, 0) is 26.8 Å². The van der Waals surface area contributed by atoms with Crippen LogP contribution in [0.1, 0.15) is 34.6 Å². The Morgan fingerprint density at radius 2 is 1.67 bits per heavy atom. The molecule has 0 aromatic carbocycles. The van der Waals surface area contributed by atoms with Crippen LogP contribution >= 0.6 is 0 Å². The van der Waals surface area contributed by atoms with Gasteiger partial charge in [0.1, 0.15) is 0 Å². The van der Waals surface area contributed by atoms with E-state index in [1.165, 1.54) is 5.70 Å². The first-order chi connectivity index (χ1) is 5.76. The van der Waals surface area contributed by atoms with Crippen LogP contribution in [0, 0.1) is 0 Å². The van der Waals surface area contributed by atoms with Crippen LogP contribution < -0.4 is 0 Å². The molecule has 1 nitrogen and oxygen atoms in total. The molecule has 0 aromatic heterocycles. The van der Waals surface area contributed by atoms with Gasteiger partial charge in [0.15, 0.2) is 0 Å². The Morgan fingerprint density at radius 1 is 1.25 bits per heavy atom. The Balaban J connectivity index is 0. The molecular weight excluding hydrogens is 146 g/mol. The fraction of sp³-hybridized carbons (Fsp3) is 0.636. The van der Waals surface area contributed by atoms with Crippen molar-refractivity contribution >= 4 is 0 Å². The number of rotatable bonds is 4. The van der Waals surface area contributed by atoms with E-state index >= 15 is 0 Å². The highest BCUT2D eigenvalue weighted by atomic mass is 15.1. The van der Waals surface area contributed by atoms with Crippen molar-refractivity contribution in [2.45, 2.75) is 34.6 Å². The molecule has 0 bridgehead atoms. The molecule has 0 rings (SSSR count). The SMILES string of the molecule is C=C/C=C(\C)N(CC)CC.CC. The molecule has 0 unspecified atom stereocenters. The van der Waals surface area contributed by atoms with Gasteiger partial charge >= 0.3 is 0 Å². The van der Waals surface area contributed by atoms with Gasteiger partial charge in [-0.25, -0.2) is 0 Å². The van der Waals surface area contributed by atoms with Crippen LogP contribution in [0.15, 0.2) is 24.4 Å². The molecule has 12 heavy (non-hydrogen) atoms. The Hall–Kier alpha value is -0.720. The molecule has 0 aromatic rings. The normalized spacial score (nSPS) is 9.92. The third kappa shape index (κ3) is 6.02. The lowest BCUT2D eigenvalue weighted by molar-refractivity contribution is 0.384. The van der Waals surface area contributed by atoms with E-state index in [0.717, 1.165) is 13.1 Å². The summed E-state index contributed by atoms with van der Waals surface area (Å²) >= 11 is 0. The third-order valence-corrected chi connectivity index (χ3v) is 1.62. The van der Waals surface area contributed by atoms with E-state index in [1.807, 2.05) is 26.0 Å². The van der Waals surface area contributed by atoms with Crippen molar-refractivity contribution in [1.29, 1.82) is 0 Å². The van der Waals surface area contributed by atoms with Crippen molar-refractivity contribution in [1.82, 2.24) is 4.90 Å². The standard InChI is InChI=1S/C9H17N.C2H6/c1-5-8-9(4)10(6-2)7-3;1-2/h5,8H,1,6-7H2,2-4H3;1-2H3/b9-8+;. The predicted molar refractivity (Wildman–Crippen MR) is 58.2 cm³/mol. The van der Waals surface area contributed by atoms with Crippen LogP contribution in [0.5, 0.6) is 0 Å². The summed E-state index contributed by atoms with van der Waals surface area (Å²) in [6.45, 7) is 16.2. The van der Waals surface area contributed by atoms with Crippen LogP contribution in [-0.4, -0.2) is 18.0 Å². The van der Waals surface area contributed by atoms with Crippen LogP contribution in [0.3, 0.4) is 0 Å². The Morgan fingerprint density at radius 3 is 1.92 bits per heavy atom. The lowest BCUT2D eigenvalue weighted by atomic mass is 10.3. The zero-order valence-corrected chi connectivity index (χ0v) is 9.22. The molecule has 0 fully saturated rings. The van der Waals surface area contributed by atoms with Crippen molar-refractivity contribution in [2.75, 3.05) is 13.1 Å². The molecular formula is C11H23N. The van der Waals surface area contributed by atoms with Gasteiger partial charge in [0.25, 0.3) is 0 Å². The molecule has 0 aliphatic carbocycles. The summed E-state index contributed by atoms with van der Waals surface area (Å²) in [4.78, 5) is 2.29. The fourth-order valence-corrected chi connectivity index (χ4v) is 0.998. The Labute approximate surface area is 77.8 Å². The van der Waals surface area contributed by atoms with Gasteiger partial charge in [0, 0.05) is 18.8 Å². The van der Waals surface area contributed by atoms with Crippen molar-refractivity contribution in [2.24, 2.45) is 0 Å². The van der Waals surface area contributed by atoms with Gasteiger partial charge in [-0.1, -0.05) is 26.5 Å². The second-order valence-corrected chi connectivity index (χ2v) is 2.22. The molecule has 0 saturated heterocycles. The average molecular weight is 169 g/mol. The Kier molecular flexibility index (Phi) is 11.9. The molecule has 0 amide bonds. The zero-order chi connectivity index (χ0) is 9.98. The van der Waals surface area contributed by atoms with Gasteiger partial charge < -0.3 is 4.90 Å². The number of hydrogen-bond donors (Lipinski definition) is 0. The van der Waals surface area contributed by atoms with Crippen LogP contribution in [0.2, 0.25) is 0 Å². The highest BCUT2D eigenvalue weighted by Crippen LogP contribution is 2.01. The quantitative estimate of drug-likeness (QED) is 0.583. The maximum absolute atomic E-state index is 3.65. The minimum atomic E-state index is 1.08. The molecule has 72 valence electrons. The summed E-state index contributed by atoms with van der Waals surface area (Å²) in [5.41, 5.74) is 1.29. The summed E-state index contributed by atoms with van der Waals surface area (Å²) in [6, 6.07) is 0. The van der Waals surface area contributed by atoms with Crippen molar-refractivity contribution < 1.29 is 0 Å². The van der Waals surface area contributed by atoms with E-state index in [1.54, 1.807) is 0 Å². The minimum absolute atomic E-state index is 1.08. The highest BCUT2D eigenvalue weighted by Gasteiger charge is 1.95. The zero-order valence-electron chi connectivity index (χ0n) is 9.22. The van der Waals surface area contributed by atoms with Crippen molar-refractivity contribution in [3.8, 4) is 0 Å². The van der Waals surface area contributed by atoms with E-state index in [-0.39, 0.29) is 0 Å². The van der Waals surface area contributed by atoms with Gasteiger partial charge in [-0.15, -0.1) is 0 Å². The van der Waals surface area contributed by atoms with Gasteiger partial charge in [-0.2, -0.15) is 0 Å². The third-order valence-electron chi connectivity index (χ3n) is 1.62. The lowest BCUT2D eigenvalue weighted by Gasteiger charge is -2.20. The fourth-order valence-electron chi connectivity index (χ4n) is 0.998. The number of nitrogens with zero attached hydrogens (tertiary/aromatic N) is 1. The van der Waals surface area contributed by atoms with Gasteiger partial charge in [-0.3, -0.25) is 0 Å². The topological polar surface area (TPSA) is 3.24 Å². The average Bonchev–Trinajstić information content (AvgIpc) is 2.11. The van der Waals surface area contributed by atoms with E-state index in [2.05, 4.69) is 32.3 Å². The first-order valence-corrected chi connectivity index (χ1v) is 4.80. The maximum atomic E-state index is 3.65. The van der Waals surface area contributed by atoms with Crippen molar-refractivity contribution in [3.63, 3.8) is 0 Å². The number of allylic oxidation sites excluding steroid dienone is 3. The monoisotopic (exact) mass is 169 g/mol. The van der Waals surface area contributed by atoms with E-state index in [0.29, 0.717) is 0 Å². The summed E-state index contributed by atoms with van der Waals surface area (Å²) in [7, 11) is 0. The molecule has 0 aliphatic heterocycles.